The number of nitrogens with zero attached hydrogens (tertiary/aromatic N) is 2. The molecule has 6 nitrogen and oxygen atoms in total. The zero-order valence-electron chi connectivity index (χ0n) is 10.1. The minimum absolute atomic E-state index is 0.0999. The molecule has 1 heterocycles. The predicted octanol–water partition coefficient (Wildman–Crippen LogP) is 2.29. The zero-order valence-corrected chi connectivity index (χ0v) is 10.9. The van der Waals surface area contributed by atoms with Crippen molar-refractivity contribution in [2.75, 3.05) is 0 Å². The molecule has 0 fully saturated rings. The van der Waals surface area contributed by atoms with Gasteiger partial charge in [-0.05, 0) is 13.0 Å². The number of thiazole rings is 1. The predicted molar refractivity (Wildman–Crippen MR) is 71.1 cm³/mol. The number of aryl methyl sites for hydroxylation is 1. The topological polar surface area (TPSA) is 85.1 Å². The number of benzene rings is 1. The number of carbonyl (C=O) groups is 1. The van der Waals surface area contributed by atoms with E-state index in [2.05, 4.69) is 10.3 Å². The smallest absolute Gasteiger partial charge is 0.270 e. The van der Waals surface area contributed by atoms with Gasteiger partial charge in [0.15, 0.2) is 0 Å². The summed E-state index contributed by atoms with van der Waals surface area (Å²) in [7, 11) is 0. The highest BCUT2D eigenvalue weighted by Gasteiger charge is 2.11. The summed E-state index contributed by atoms with van der Waals surface area (Å²) in [5.41, 5.74) is 0.944. The Kier molecular flexibility index (Phi) is 3.86. The molecule has 1 aromatic carbocycles. The number of nitrogens with one attached hydrogen (secondary N) is 1. The maximum absolute atomic E-state index is 11.8. The van der Waals surface area contributed by atoms with Crippen molar-refractivity contribution in [1.82, 2.24) is 10.3 Å². The molecule has 2 aromatic rings. The monoisotopic (exact) mass is 277 g/mol. The number of carbonyl (C=O) groups excluding carboxylic acids is 1. The first kappa shape index (κ1) is 13.2. The summed E-state index contributed by atoms with van der Waals surface area (Å²) in [5, 5.41) is 16.1. The first-order chi connectivity index (χ1) is 9.06. The second-order valence-corrected chi connectivity index (χ2v) is 4.91. The highest BCUT2D eigenvalue weighted by Crippen LogP contribution is 2.13. The second-order valence-electron chi connectivity index (χ2n) is 3.85. The van der Waals surface area contributed by atoms with Gasteiger partial charge in [-0.2, -0.15) is 0 Å². The van der Waals surface area contributed by atoms with Crippen molar-refractivity contribution in [1.29, 1.82) is 0 Å². The average molecular weight is 277 g/mol. The Bertz CT molecular complexity index is 624. The molecule has 0 saturated carbocycles. The molecular formula is C12H11N3O3S. The minimum Gasteiger partial charge on any atom is -0.346 e. The lowest BCUT2D eigenvalue weighted by molar-refractivity contribution is -0.384. The lowest BCUT2D eigenvalue weighted by atomic mass is 10.2. The van der Waals surface area contributed by atoms with Crippen LogP contribution in [0.3, 0.4) is 0 Å². The number of hydrogen-bond acceptors (Lipinski definition) is 5. The largest absolute Gasteiger partial charge is 0.346 e. The summed E-state index contributed by atoms with van der Waals surface area (Å²) >= 11 is 1.51. The molecule has 0 aliphatic heterocycles. The summed E-state index contributed by atoms with van der Waals surface area (Å²) in [6.07, 6.45) is 0. The second kappa shape index (κ2) is 5.57. The van der Waals surface area contributed by atoms with Crippen molar-refractivity contribution < 1.29 is 9.72 Å². The van der Waals surface area contributed by atoms with Crippen molar-refractivity contribution in [3.63, 3.8) is 0 Å². The maximum Gasteiger partial charge on any atom is 0.270 e. The van der Waals surface area contributed by atoms with Crippen molar-refractivity contribution in [2.45, 2.75) is 13.5 Å². The van der Waals surface area contributed by atoms with E-state index in [-0.39, 0.29) is 17.2 Å². The van der Waals surface area contributed by atoms with Gasteiger partial charge in [-0.3, -0.25) is 14.9 Å². The minimum atomic E-state index is -0.527. The maximum atomic E-state index is 11.8. The van der Waals surface area contributed by atoms with E-state index in [0.717, 1.165) is 10.7 Å². The normalized spacial score (nSPS) is 10.2. The van der Waals surface area contributed by atoms with E-state index in [4.69, 9.17) is 0 Å². The molecule has 0 aliphatic carbocycles. The van der Waals surface area contributed by atoms with E-state index in [1.54, 1.807) is 0 Å². The third-order valence-electron chi connectivity index (χ3n) is 2.42. The number of non-ortho nitro benzene ring substituents is 1. The quantitative estimate of drug-likeness (QED) is 0.686. The van der Waals surface area contributed by atoms with Crippen molar-refractivity contribution in [3.8, 4) is 0 Å². The average Bonchev–Trinajstić information content (AvgIpc) is 2.82. The number of amides is 1. The first-order valence-electron chi connectivity index (χ1n) is 5.50. The Hall–Kier alpha value is -2.28. The Morgan fingerprint density at radius 3 is 2.95 bits per heavy atom. The fourth-order valence-corrected chi connectivity index (χ4v) is 2.14. The van der Waals surface area contributed by atoms with Gasteiger partial charge in [0.05, 0.1) is 22.2 Å². The molecule has 98 valence electrons. The van der Waals surface area contributed by atoms with Gasteiger partial charge in [0.25, 0.3) is 11.6 Å². The Morgan fingerprint density at radius 1 is 1.53 bits per heavy atom. The summed E-state index contributed by atoms with van der Waals surface area (Å²) in [6.45, 7) is 2.20. The zero-order chi connectivity index (χ0) is 13.8. The van der Waals surface area contributed by atoms with Gasteiger partial charge >= 0.3 is 0 Å². The van der Waals surface area contributed by atoms with Gasteiger partial charge in [-0.15, -0.1) is 11.3 Å². The summed E-state index contributed by atoms with van der Waals surface area (Å²) in [5.74, 6) is -0.352. The van der Waals surface area contributed by atoms with Crippen LogP contribution in [-0.2, 0) is 6.54 Å². The van der Waals surface area contributed by atoms with Crippen LogP contribution in [0.1, 0.15) is 21.1 Å². The standard InChI is InChI=1S/C12H11N3O3S/c1-8-14-10(7-19-8)6-13-12(16)9-3-2-4-11(5-9)15(17)18/h2-5,7H,6H2,1H3,(H,13,16). The molecule has 1 aromatic heterocycles. The lowest BCUT2D eigenvalue weighted by Crippen LogP contribution is -2.22. The van der Waals surface area contributed by atoms with E-state index in [9.17, 15) is 14.9 Å². The van der Waals surface area contributed by atoms with Crippen molar-refractivity contribution in [2.24, 2.45) is 0 Å². The van der Waals surface area contributed by atoms with E-state index in [1.165, 1.54) is 35.6 Å². The third kappa shape index (κ3) is 3.35. The number of rotatable bonds is 4. The van der Waals surface area contributed by atoms with Crippen LogP contribution in [0.4, 0.5) is 5.69 Å². The van der Waals surface area contributed by atoms with Crippen LogP contribution in [-0.4, -0.2) is 15.8 Å². The van der Waals surface area contributed by atoms with Gasteiger partial charge in [-0.25, -0.2) is 4.98 Å². The summed E-state index contributed by atoms with van der Waals surface area (Å²) in [6, 6.07) is 5.62. The van der Waals surface area contributed by atoms with Crippen LogP contribution < -0.4 is 5.32 Å². The van der Waals surface area contributed by atoms with E-state index < -0.39 is 4.92 Å². The number of hydrogen-bond donors (Lipinski definition) is 1. The van der Waals surface area contributed by atoms with Gasteiger partial charge in [0, 0.05) is 23.1 Å². The van der Waals surface area contributed by atoms with Crippen LogP contribution in [0, 0.1) is 17.0 Å². The molecule has 0 aliphatic rings. The Morgan fingerprint density at radius 2 is 2.32 bits per heavy atom. The van der Waals surface area contributed by atoms with Gasteiger partial charge < -0.3 is 5.32 Å². The van der Waals surface area contributed by atoms with Crippen LogP contribution in [0.2, 0.25) is 0 Å². The van der Waals surface area contributed by atoms with E-state index in [0.29, 0.717) is 6.54 Å². The molecule has 1 N–H and O–H groups in total. The molecule has 0 spiro atoms. The Labute approximate surface area is 113 Å². The number of aromatic nitrogens is 1. The van der Waals surface area contributed by atoms with Crippen molar-refractivity contribution >= 4 is 22.9 Å². The number of nitro groups is 1. The molecule has 0 bridgehead atoms. The van der Waals surface area contributed by atoms with Crippen LogP contribution in [0.5, 0.6) is 0 Å². The SMILES string of the molecule is Cc1nc(CNC(=O)c2cccc([N+](=O)[O-])c2)cs1. The molecule has 2 rings (SSSR count). The van der Waals surface area contributed by atoms with Crippen LogP contribution >= 0.6 is 11.3 Å². The molecule has 7 heteroatoms. The fraction of sp³-hybridized carbons (Fsp3) is 0.167. The van der Waals surface area contributed by atoms with E-state index >= 15 is 0 Å². The molecule has 0 saturated heterocycles. The third-order valence-corrected chi connectivity index (χ3v) is 3.24. The number of nitro benzene ring substituents is 1. The fourth-order valence-electron chi connectivity index (χ4n) is 1.52. The highest BCUT2D eigenvalue weighted by molar-refractivity contribution is 7.09. The van der Waals surface area contributed by atoms with E-state index in [1.807, 2.05) is 12.3 Å². The van der Waals surface area contributed by atoms with Gasteiger partial charge in [0.2, 0.25) is 0 Å². The summed E-state index contributed by atoms with van der Waals surface area (Å²) in [4.78, 5) is 26.2. The van der Waals surface area contributed by atoms with Gasteiger partial charge in [-0.1, -0.05) is 6.07 Å². The molecule has 19 heavy (non-hydrogen) atoms. The molecular weight excluding hydrogens is 266 g/mol. The Balaban J connectivity index is 2.03. The highest BCUT2D eigenvalue weighted by atomic mass is 32.1. The van der Waals surface area contributed by atoms with Crippen LogP contribution in [0.25, 0.3) is 0 Å². The van der Waals surface area contributed by atoms with Gasteiger partial charge in [0.1, 0.15) is 0 Å². The van der Waals surface area contributed by atoms with Crippen molar-refractivity contribution in [3.05, 3.63) is 56.0 Å². The summed E-state index contributed by atoms with van der Waals surface area (Å²) < 4.78 is 0. The molecule has 0 atom stereocenters. The first-order valence-corrected chi connectivity index (χ1v) is 6.38. The van der Waals surface area contributed by atoms with Crippen LogP contribution in [0.15, 0.2) is 29.6 Å². The lowest BCUT2D eigenvalue weighted by Gasteiger charge is -2.03. The molecule has 1 amide bonds. The molecule has 0 radical (unpaired) electrons. The molecule has 0 unspecified atom stereocenters.